The van der Waals surface area contributed by atoms with Gasteiger partial charge in [0.15, 0.2) is 23.6 Å². The number of ether oxygens (including phenoxy) is 2. The zero-order valence-corrected chi connectivity index (χ0v) is 25.6. The Hall–Kier alpha value is -2.87. The summed E-state index contributed by atoms with van der Waals surface area (Å²) in [6.45, 7) is 9.25. The lowest BCUT2D eigenvalue weighted by Crippen LogP contribution is -2.42. The summed E-state index contributed by atoms with van der Waals surface area (Å²) in [5, 5.41) is 13.7. The predicted octanol–water partition coefficient (Wildman–Crippen LogP) is 3.84. The molecule has 1 aromatic carbocycles. The van der Waals surface area contributed by atoms with Crippen LogP contribution in [0, 0.1) is 12.3 Å². The number of aromatic nitrogens is 4. The van der Waals surface area contributed by atoms with E-state index in [1.807, 2.05) is 20.8 Å². The quantitative estimate of drug-likeness (QED) is 0.220. The summed E-state index contributed by atoms with van der Waals surface area (Å²) in [6, 6.07) is 4.99. The second kappa shape index (κ2) is 12.0. The van der Waals surface area contributed by atoms with Crippen molar-refractivity contribution in [2.75, 3.05) is 13.2 Å². The van der Waals surface area contributed by atoms with E-state index in [9.17, 15) is 19.3 Å². The number of H-pyrrole nitrogens is 1. The number of aryl methyl sites for hydroxylation is 1. The first kappa shape index (κ1) is 32.1. The summed E-state index contributed by atoms with van der Waals surface area (Å²) in [5.41, 5.74) is -2.90. The lowest BCUT2D eigenvalue weighted by molar-refractivity contribution is -0.148. The molecule has 0 bridgehead atoms. The van der Waals surface area contributed by atoms with Crippen LogP contribution in [-0.4, -0.2) is 67.7 Å². The van der Waals surface area contributed by atoms with E-state index in [1.165, 1.54) is 36.9 Å². The van der Waals surface area contributed by atoms with Gasteiger partial charge in [-0.2, -0.15) is 5.09 Å². The number of benzene rings is 1. The Kier molecular flexibility index (Phi) is 9.17. The van der Waals surface area contributed by atoms with Gasteiger partial charge in [0.2, 0.25) is 0 Å². The van der Waals surface area contributed by atoms with Crippen molar-refractivity contribution in [2.24, 2.45) is 5.41 Å². The number of para-hydroxylation sites is 1. The first-order chi connectivity index (χ1) is 19.5. The molecule has 0 amide bonds. The van der Waals surface area contributed by atoms with Gasteiger partial charge in [-0.25, -0.2) is 18.9 Å². The van der Waals surface area contributed by atoms with Crippen molar-refractivity contribution in [3.8, 4) is 5.75 Å². The van der Waals surface area contributed by atoms with Gasteiger partial charge < -0.3 is 24.1 Å². The smallest absolute Gasteiger partial charge is 0.459 e. The summed E-state index contributed by atoms with van der Waals surface area (Å²) in [5.74, 6) is -0.456. The molecule has 42 heavy (non-hydrogen) atoms. The van der Waals surface area contributed by atoms with Crippen molar-refractivity contribution in [3.05, 3.63) is 51.8 Å². The molecule has 1 saturated heterocycles. The average Bonchev–Trinajstić information content (AvgIpc) is 3.40. The molecule has 3 N–H and O–H groups in total. The van der Waals surface area contributed by atoms with Gasteiger partial charge in [0.25, 0.3) is 5.56 Å². The van der Waals surface area contributed by atoms with Crippen LogP contribution in [0.25, 0.3) is 11.2 Å². The minimum absolute atomic E-state index is 0.0178. The summed E-state index contributed by atoms with van der Waals surface area (Å²) < 4.78 is 53.1. The van der Waals surface area contributed by atoms with Gasteiger partial charge in [-0.3, -0.25) is 18.7 Å². The van der Waals surface area contributed by atoms with Gasteiger partial charge in [0.05, 0.1) is 24.6 Å². The highest BCUT2D eigenvalue weighted by Crippen LogP contribution is 2.49. The molecular formula is C26H34ClFN5O8P. The van der Waals surface area contributed by atoms with Crippen LogP contribution < -0.4 is 15.2 Å². The fourth-order valence-corrected chi connectivity index (χ4v) is 5.92. The molecule has 13 nitrogen and oxygen atoms in total. The van der Waals surface area contributed by atoms with Gasteiger partial charge in [-0.1, -0.05) is 44.5 Å². The second-order valence-electron chi connectivity index (χ2n) is 11.5. The summed E-state index contributed by atoms with van der Waals surface area (Å²) in [4.78, 5) is 35.7. The first-order valence-electron chi connectivity index (χ1n) is 13.1. The third kappa shape index (κ3) is 7.01. The number of imidazole rings is 1. The normalized spacial score (nSPS) is 24.8. The Morgan fingerprint density at radius 1 is 1.38 bits per heavy atom. The number of nitrogens with one attached hydrogen (secondary N) is 2. The van der Waals surface area contributed by atoms with Gasteiger partial charge >= 0.3 is 13.7 Å². The van der Waals surface area contributed by atoms with Crippen LogP contribution in [0.3, 0.4) is 0 Å². The predicted molar refractivity (Wildman–Crippen MR) is 151 cm³/mol. The molecule has 0 radical (unpaired) electrons. The lowest BCUT2D eigenvalue weighted by Gasteiger charge is -2.26. The van der Waals surface area contributed by atoms with Crippen LogP contribution >= 0.6 is 19.3 Å². The van der Waals surface area contributed by atoms with Crippen molar-refractivity contribution in [1.82, 2.24) is 24.6 Å². The van der Waals surface area contributed by atoms with E-state index in [0.29, 0.717) is 0 Å². The van der Waals surface area contributed by atoms with E-state index >= 15 is 4.39 Å². The number of alkyl halides is 1. The monoisotopic (exact) mass is 629 g/mol. The van der Waals surface area contributed by atoms with Crippen molar-refractivity contribution < 1.29 is 37.4 Å². The Labute approximate surface area is 246 Å². The van der Waals surface area contributed by atoms with Crippen LogP contribution in [-0.2, 0) is 23.4 Å². The third-order valence-corrected chi connectivity index (χ3v) is 8.25. The Morgan fingerprint density at radius 3 is 2.74 bits per heavy atom. The fourth-order valence-electron chi connectivity index (χ4n) is 4.18. The van der Waals surface area contributed by atoms with E-state index in [4.69, 9.17) is 30.1 Å². The maximum Gasteiger partial charge on any atom is 0.459 e. The van der Waals surface area contributed by atoms with Crippen molar-refractivity contribution in [2.45, 2.75) is 71.7 Å². The maximum absolute atomic E-state index is 15.6. The largest absolute Gasteiger partial charge is 0.464 e. The molecule has 16 heteroatoms. The maximum atomic E-state index is 15.6. The highest BCUT2D eigenvalue weighted by Gasteiger charge is 2.55. The van der Waals surface area contributed by atoms with Crippen molar-refractivity contribution in [3.63, 3.8) is 0 Å². The lowest BCUT2D eigenvalue weighted by atomic mass is 9.98. The van der Waals surface area contributed by atoms with Crippen LogP contribution in [0.2, 0.25) is 5.02 Å². The highest BCUT2D eigenvalue weighted by molar-refractivity contribution is 7.52. The van der Waals surface area contributed by atoms with Gasteiger partial charge in [-0.15, -0.1) is 0 Å². The molecule has 1 fully saturated rings. The first-order valence-corrected chi connectivity index (χ1v) is 15.0. The van der Waals surface area contributed by atoms with Crippen LogP contribution in [0.5, 0.6) is 5.75 Å². The molecule has 0 spiro atoms. The topological polar surface area (TPSA) is 167 Å². The second-order valence-corrected chi connectivity index (χ2v) is 13.6. The van der Waals surface area contributed by atoms with E-state index < -0.39 is 56.0 Å². The summed E-state index contributed by atoms with van der Waals surface area (Å²) >= 11 is 6.19. The zero-order valence-electron chi connectivity index (χ0n) is 24.0. The fraction of sp³-hybridized carbons (Fsp3) is 0.538. The number of aliphatic hydroxyl groups is 1. The number of nitrogens with zero attached hydrogens (tertiary/aromatic N) is 3. The zero-order chi connectivity index (χ0) is 31.0. The minimum atomic E-state index is -4.44. The van der Waals surface area contributed by atoms with Crippen LogP contribution in [0.4, 0.5) is 4.39 Å². The number of esters is 1. The molecule has 230 valence electrons. The molecule has 1 aliphatic rings. The number of fused-ring (bicyclic) bond motifs is 1. The standard InChI is InChI=1S/C26H34ClFN5O8P/c1-14(23(35)38-12-25(3,4)5)32-42(37,41-17-10-8-7-9-16(17)27)39-11-18-20(28)26(6,36)24(40-18)33-13-29-19-21(33)30-15(2)31-22(19)34/h7-10,13-14,18,20,24,36H,11-12H2,1-6H3,(H,32,37)(H,30,31,34)/t14?,18-,20-,24-,26-,42?/m1/s1. The molecule has 1 aliphatic heterocycles. The number of carbonyl (C=O) groups is 1. The molecule has 0 saturated carbocycles. The molecule has 0 aliphatic carbocycles. The Morgan fingerprint density at radius 2 is 2.07 bits per heavy atom. The number of aromatic amines is 1. The van der Waals surface area contributed by atoms with Crippen molar-refractivity contribution in [1.29, 1.82) is 0 Å². The Balaban J connectivity index is 1.56. The highest BCUT2D eigenvalue weighted by atomic mass is 35.5. The molecular weight excluding hydrogens is 596 g/mol. The molecule has 3 heterocycles. The molecule has 4 rings (SSSR count). The number of carbonyl (C=O) groups excluding carboxylic acids is 1. The minimum Gasteiger partial charge on any atom is -0.464 e. The average molecular weight is 630 g/mol. The van der Waals surface area contributed by atoms with E-state index in [2.05, 4.69) is 20.0 Å². The number of hydrogen-bond acceptors (Lipinski definition) is 10. The van der Waals surface area contributed by atoms with Crippen LogP contribution in [0.1, 0.15) is 46.7 Å². The van der Waals surface area contributed by atoms with E-state index in [1.54, 1.807) is 19.1 Å². The van der Waals surface area contributed by atoms with E-state index in [-0.39, 0.29) is 39.8 Å². The van der Waals surface area contributed by atoms with Gasteiger partial charge in [0, 0.05) is 0 Å². The molecule has 3 aromatic rings. The SMILES string of the molecule is Cc1nc2c(ncn2[C@@H]2O[C@H](COP(=O)(NC(C)C(=O)OCC(C)(C)C)Oc3ccccc3Cl)[C@@H](F)[C@@]2(C)O)c(=O)[nH]1. The number of rotatable bonds is 10. The molecule has 2 unspecified atom stereocenters. The van der Waals surface area contributed by atoms with Crippen LogP contribution in [0.15, 0.2) is 35.4 Å². The summed E-state index contributed by atoms with van der Waals surface area (Å²) in [6.07, 6.45) is -3.67. The number of halogens is 2. The van der Waals surface area contributed by atoms with Gasteiger partial charge in [-0.05, 0) is 38.3 Å². The third-order valence-electron chi connectivity index (χ3n) is 6.31. The number of hydrogen-bond donors (Lipinski definition) is 3. The van der Waals surface area contributed by atoms with Gasteiger partial charge in [0.1, 0.15) is 29.3 Å². The van der Waals surface area contributed by atoms with Crippen molar-refractivity contribution >= 4 is 36.5 Å². The van der Waals surface area contributed by atoms with E-state index in [0.717, 1.165) is 0 Å². The molecule has 6 atom stereocenters. The Bertz CT molecular complexity index is 1560. The summed E-state index contributed by atoms with van der Waals surface area (Å²) in [7, 11) is -4.44. The molecule has 2 aromatic heterocycles.